The van der Waals surface area contributed by atoms with Gasteiger partial charge in [0.1, 0.15) is 5.41 Å². The second-order valence-electron chi connectivity index (χ2n) is 7.36. The van der Waals surface area contributed by atoms with Crippen LogP contribution in [0.5, 0.6) is 0 Å². The maximum Gasteiger partial charge on any atom is 0.314 e. The number of carbonyl (C=O) groups is 1. The van der Waals surface area contributed by atoms with E-state index in [-0.39, 0.29) is 12.4 Å². The molecule has 0 saturated heterocycles. The van der Waals surface area contributed by atoms with Gasteiger partial charge in [-0.2, -0.15) is 0 Å². The highest BCUT2D eigenvalue weighted by Crippen LogP contribution is 2.46. The Morgan fingerprint density at radius 3 is 2.04 bits per heavy atom. The molecule has 0 atom stereocenters. The van der Waals surface area contributed by atoms with Gasteiger partial charge in [0.25, 0.3) is 0 Å². The molecule has 4 heteroatoms. The van der Waals surface area contributed by atoms with Crippen LogP contribution in [-0.4, -0.2) is 34.6 Å². The van der Waals surface area contributed by atoms with Crippen LogP contribution in [0, 0.1) is 0 Å². The zero-order valence-corrected chi connectivity index (χ0v) is 16.0. The van der Waals surface area contributed by atoms with Crippen molar-refractivity contribution in [1.29, 1.82) is 0 Å². The van der Waals surface area contributed by atoms with E-state index in [0.29, 0.717) is 24.9 Å². The van der Waals surface area contributed by atoms with E-state index in [0.717, 1.165) is 24.1 Å². The normalized spacial score (nSPS) is 16.2. The number of carboxylic acids is 1. The molecule has 2 rings (SSSR count). The number of allylic oxidation sites excluding steroid dienone is 1. The van der Waals surface area contributed by atoms with E-state index in [1.54, 1.807) is 0 Å². The molecule has 0 amide bonds. The summed E-state index contributed by atoms with van der Waals surface area (Å²) in [5, 5.41) is 9.57. The van der Waals surface area contributed by atoms with Crippen molar-refractivity contribution in [2.45, 2.75) is 64.5 Å². The summed E-state index contributed by atoms with van der Waals surface area (Å²) in [4.78, 5) is 14.1. The van der Waals surface area contributed by atoms with E-state index >= 15 is 0 Å². The molecule has 1 aliphatic carbocycles. The number of aliphatic carboxylic acids is 1. The average Bonchev–Trinajstić information content (AvgIpc) is 2.43. The third-order valence-corrected chi connectivity index (χ3v) is 5.00. The van der Waals surface area contributed by atoms with Gasteiger partial charge in [0.05, 0.1) is 0 Å². The van der Waals surface area contributed by atoms with E-state index in [2.05, 4.69) is 51.3 Å². The van der Waals surface area contributed by atoms with Crippen LogP contribution >= 0.6 is 12.4 Å². The Morgan fingerprint density at radius 1 is 1.17 bits per heavy atom. The first-order valence-corrected chi connectivity index (χ1v) is 8.51. The van der Waals surface area contributed by atoms with Crippen molar-refractivity contribution in [2.24, 2.45) is 0 Å². The lowest BCUT2D eigenvalue weighted by atomic mass is 9.62. The van der Waals surface area contributed by atoms with Gasteiger partial charge in [-0.3, -0.25) is 9.69 Å². The lowest BCUT2D eigenvalue weighted by molar-refractivity contribution is -0.145. The van der Waals surface area contributed by atoms with Gasteiger partial charge in [0.15, 0.2) is 0 Å². The van der Waals surface area contributed by atoms with Gasteiger partial charge in [-0.15, -0.1) is 12.4 Å². The molecule has 0 heterocycles. The predicted molar refractivity (Wildman–Crippen MR) is 102 cm³/mol. The fourth-order valence-electron chi connectivity index (χ4n) is 3.64. The molecule has 1 N–H and O–H groups in total. The third kappa shape index (κ3) is 4.20. The minimum atomic E-state index is -0.739. The van der Waals surface area contributed by atoms with Crippen molar-refractivity contribution in [3.05, 3.63) is 47.5 Å². The first-order chi connectivity index (χ1) is 10.8. The summed E-state index contributed by atoms with van der Waals surface area (Å²) >= 11 is 0. The van der Waals surface area contributed by atoms with Gasteiger partial charge in [-0.05, 0) is 58.1 Å². The molecular formula is C20H30ClNO2. The monoisotopic (exact) mass is 351 g/mol. The maximum atomic E-state index is 11.7. The molecule has 1 aliphatic rings. The molecule has 0 radical (unpaired) electrons. The van der Waals surface area contributed by atoms with Gasteiger partial charge >= 0.3 is 5.97 Å². The molecule has 24 heavy (non-hydrogen) atoms. The summed E-state index contributed by atoms with van der Waals surface area (Å²) < 4.78 is 0. The Balaban J connectivity index is 0.00000288. The first kappa shape index (κ1) is 20.7. The van der Waals surface area contributed by atoms with Gasteiger partial charge in [-0.1, -0.05) is 36.4 Å². The van der Waals surface area contributed by atoms with Crippen LogP contribution in [0.25, 0.3) is 0 Å². The lowest BCUT2D eigenvalue weighted by Gasteiger charge is -2.40. The predicted octanol–water partition coefficient (Wildman–Crippen LogP) is 4.44. The summed E-state index contributed by atoms with van der Waals surface area (Å²) in [7, 11) is 0. The highest BCUT2D eigenvalue weighted by molar-refractivity contribution is 5.85. The molecule has 134 valence electrons. The van der Waals surface area contributed by atoms with Crippen molar-refractivity contribution >= 4 is 18.4 Å². The van der Waals surface area contributed by atoms with Crippen LogP contribution in [0.15, 0.2) is 36.4 Å². The van der Waals surface area contributed by atoms with E-state index in [4.69, 9.17) is 0 Å². The second-order valence-corrected chi connectivity index (χ2v) is 7.36. The summed E-state index contributed by atoms with van der Waals surface area (Å²) in [6, 6.07) is 9.21. The molecule has 1 fully saturated rings. The summed E-state index contributed by atoms with van der Waals surface area (Å²) in [6.45, 7) is 13.8. The van der Waals surface area contributed by atoms with Crippen LogP contribution in [0.3, 0.4) is 0 Å². The third-order valence-electron chi connectivity index (χ3n) is 5.00. The van der Waals surface area contributed by atoms with Crippen LogP contribution in [0.2, 0.25) is 0 Å². The van der Waals surface area contributed by atoms with E-state index < -0.39 is 11.4 Å². The van der Waals surface area contributed by atoms with Crippen molar-refractivity contribution in [3.8, 4) is 0 Å². The van der Waals surface area contributed by atoms with Crippen LogP contribution in [0.4, 0.5) is 0 Å². The molecular weight excluding hydrogens is 322 g/mol. The van der Waals surface area contributed by atoms with Gasteiger partial charge < -0.3 is 5.11 Å². The minimum absolute atomic E-state index is 0. The van der Waals surface area contributed by atoms with Gasteiger partial charge in [0, 0.05) is 18.6 Å². The van der Waals surface area contributed by atoms with Gasteiger partial charge in [-0.25, -0.2) is 0 Å². The van der Waals surface area contributed by atoms with Crippen LogP contribution < -0.4 is 0 Å². The Morgan fingerprint density at radius 2 is 1.67 bits per heavy atom. The fraction of sp³-hybridized carbons (Fsp3) is 0.550. The van der Waals surface area contributed by atoms with Gasteiger partial charge in [0.2, 0.25) is 0 Å². The number of halogens is 1. The van der Waals surface area contributed by atoms with Crippen molar-refractivity contribution < 1.29 is 9.90 Å². The van der Waals surface area contributed by atoms with Crippen LogP contribution in [-0.2, 0) is 16.6 Å². The zero-order chi connectivity index (χ0) is 17.2. The van der Waals surface area contributed by atoms with Crippen molar-refractivity contribution in [2.75, 3.05) is 6.54 Å². The van der Waals surface area contributed by atoms with E-state index in [1.165, 1.54) is 5.56 Å². The average molecular weight is 352 g/mol. The maximum absolute atomic E-state index is 11.7. The molecule has 1 aromatic carbocycles. The molecule has 1 aromatic rings. The van der Waals surface area contributed by atoms with E-state index in [1.807, 2.05) is 12.1 Å². The highest BCUT2D eigenvalue weighted by atomic mass is 35.5. The second kappa shape index (κ2) is 8.17. The van der Waals surface area contributed by atoms with Crippen molar-refractivity contribution in [1.82, 2.24) is 4.90 Å². The number of nitrogens with zero attached hydrogens (tertiary/aromatic N) is 1. The molecule has 0 spiro atoms. The Bertz CT molecular complexity index is 562. The molecule has 0 bridgehead atoms. The van der Waals surface area contributed by atoms with Crippen LogP contribution in [0.1, 0.15) is 51.7 Å². The molecule has 3 nitrogen and oxygen atoms in total. The first-order valence-electron chi connectivity index (χ1n) is 8.51. The smallest absolute Gasteiger partial charge is 0.314 e. The van der Waals surface area contributed by atoms with E-state index in [9.17, 15) is 9.90 Å². The summed E-state index contributed by atoms with van der Waals surface area (Å²) in [5.41, 5.74) is 2.46. The largest absolute Gasteiger partial charge is 0.481 e. The number of rotatable bonds is 7. The Hall–Kier alpha value is -1.32. The Kier molecular flexibility index (Phi) is 7.06. The summed E-state index contributed by atoms with van der Waals surface area (Å²) in [6.07, 6.45) is 2.12. The number of hydrogen-bond acceptors (Lipinski definition) is 2. The SMILES string of the molecule is C=C1CC(C(=O)O)(c2ccc(CCN(C(C)C)C(C)C)cc2)C1.Cl. The number of carboxylic acid groups (broad SMARTS) is 1. The highest BCUT2D eigenvalue weighted by Gasteiger charge is 2.48. The quantitative estimate of drug-likeness (QED) is 0.738. The standard InChI is InChI=1S/C20H29NO2.ClH/c1-14(2)21(15(3)4)11-10-17-6-8-18(9-7-17)20(19(22)23)12-16(5)13-20;/h6-9,14-15H,5,10-13H2,1-4H3,(H,22,23);1H. The minimum Gasteiger partial charge on any atom is -0.481 e. The number of hydrogen-bond donors (Lipinski definition) is 1. The topological polar surface area (TPSA) is 40.5 Å². The molecule has 1 saturated carbocycles. The lowest BCUT2D eigenvalue weighted by Crippen LogP contribution is -2.43. The van der Waals surface area contributed by atoms with Crippen molar-refractivity contribution in [3.63, 3.8) is 0 Å². The Labute approximate surface area is 152 Å². The molecule has 0 unspecified atom stereocenters. The molecule has 0 aliphatic heterocycles. The molecule has 0 aromatic heterocycles. The fourth-order valence-corrected chi connectivity index (χ4v) is 3.64. The number of benzene rings is 1. The zero-order valence-electron chi connectivity index (χ0n) is 15.2. The summed E-state index contributed by atoms with van der Waals surface area (Å²) in [5.74, 6) is -0.733.